The van der Waals surface area contributed by atoms with Gasteiger partial charge in [0.1, 0.15) is 0 Å². The topological polar surface area (TPSA) is 12.0 Å². The third-order valence-corrected chi connectivity index (χ3v) is 2.87. The Kier molecular flexibility index (Phi) is 0.884. The van der Waals surface area contributed by atoms with Crippen LogP contribution in [0.3, 0.4) is 0 Å². The van der Waals surface area contributed by atoms with Crippen molar-refractivity contribution in [3.05, 3.63) is 0 Å². The fraction of sp³-hybridized carbons (Fsp3) is 1.00. The van der Waals surface area contributed by atoms with Crippen LogP contribution in [-0.4, -0.2) is 12.6 Å². The maximum absolute atomic E-state index is 3.51. The SMILES string of the molecule is C[C@H]1C2CCC1NC2. The summed E-state index contributed by atoms with van der Waals surface area (Å²) in [6.45, 7) is 3.67. The van der Waals surface area contributed by atoms with Crippen LogP contribution in [0.4, 0.5) is 0 Å². The Morgan fingerprint density at radius 2 is 2.25 bits per heavy atom. The summed E-state index contributed by atoms with van der Waals surface area (Å²) in [6.07, 6.45) is 2.92. The Morgan fingerprint density at radius 3 is 2.38 bits per heavy atom. The minimum absolute atomic E-state index is 0.889. The van der Waals surface area contributed by atoms with Gasteiger partial charge in [0.15, 0.2) is 0 Å². The summed E-state index contributed by atoms with van der Waals surface area (Å²) in [4.78, 5) is 0. The van der Waals surface area contributed by atoms with E-state index in [1.807, 2.05) is 0 Å². The van der Waals surface area contributed by atoms with E-state index in [4.69, 9.17) is 0 Å². The van der Waals surface area contributed by atoms with Crippen LogP contribution in [0.5, 0.6) is 0 Å². The normalized spacial score (nSPS) is 52.9. The predicted octanol–water partition coefficient (Wildman–Crippen LogP) is 1.00. The summed E-state index contributed by atoms with van der Waals surface area (Å²) in [6, 6.07) is 0.889. The third kappa shape index (κ3) is 0.455. The Morgan fingerprint density at radius 1 is 1.38 bits per heavy atom. The molecule has 8 heavy (non-hydrogen) atoms. The Balaban J connectivity index is 2.16. The summed E-state index contributed by atoms with van der Waals surface area (Å²) in [5, 5.41) is 3.51. The molecule has 0 aromatic heterocycles. The second-order valence-corrected chi connectivity index (χ2v) is 3.21. The summed E-state index contributed by atoms with van der Waals surface area (Å²) < 4.78 is 0. The van der Waals surface area contributed by atoms with Crippen LogP contribution < -0.4 is 5.32 Å². The first-order chi connectivity index (χ1) is 3.88. The molecule has 1 nitrogen and oxygen atoms in total. The van der Waals surface area contributed by atoms with E-state index in [1.54, 1.807) is 0 Å². The molecule has 3 atom stereocenters. The van der Waals surface area contributed by atoms with Gasteiger partial charge >= 0.3 is 0 Å². The molecular formula is C7H13N. The van der Waals surface area contributed by atoms with Crippen molar-refractivity contribution in [1.82, 2.24) is 5.32 Å². The average Bonchev–Trinajstić information content (AvgIpc) is 2.29. The van der Waals surface area contributed by atoms with Gasteiger partial charge in [-0.05, 0) is 31.2 Å². The number of fused-ring (bicyclic) bond motifs is 2. The van der Waals surface area contributed by atoms with Gasteiger partial charge in [-0.2, -0.15) is 0 Å². The fourth-order valence-corrected chi connectivity index (χ4v) is 2.13. The quantitative estimate of drug-likeness (QED) is 0.492. The maximum Gasteiger partial charge on any atom is 0.00960 e. The molecule has 1 N–H and O–H groups in total. The highest BCUT2D eigenvalue weighted by molar-refractivity contribution is 4.94. The van der Waals surface area contributed by atoms with Crippen molar-refractivity contribution in [2.45, 2.75) is 25.8 Å². The van der Waals surface area contributed by atoms with Gasteiger partial charge in [-0.3, -0.25) is 0 Å². The molecule has 2 rings (SSSR count). The van der Waals surface area contributed by atoms with Crippen LogP contribution in [0, 0.1) is 11.8 Å². The van der Waals surface area contributed by atoms with E-state index in [9.17, 15) is 0 Å². The van der Waals surface area contributed by atoms with E-state index in [2.05, 4.69) is 12.2 Å². The molecule has 0 aromatic rings. The number of piperidine rings is 1. The zero-order valence-corrected chi connectivity index (χ0v) is 5.35. The molecule has 1 saturated heterocycles. The van der Waals surface area contributed by atoms with Gasteiger partial charge in [0.2, 0.25) is 0 Å². The first-order valence-electron chi connectivity index (χ1n) is 3.61. The molecule has 1 aliphatic heterocycles. The van der Waals surface area contributed by atoms with Crippen LogP contribution in [0.2, 0.25) is 0 Å². The molecule has 0 radical (unpaired) electrons. The van der Waals surface area contributed by atoms with Crippen molar-refractivity contribution in [2.75, 3.05) is 6.54 Å². The van der Waals surface area contributed by atoms with E-state index in [0.29, 0.717) is 0 Å². The monoisotopic (exact) mass is 111 g/mol. The summed E-state index contributed by atoms with van der Waals surface area (Å²) in [5.74, 6) is 2.01. The fourth-order valence-electron chi connectivity index (χ4n) is 2.13. The van der Waals surface area contributed by atoms with Crippen LogP contribution >= 0.6 is 0 Å². The highest BCUT2D eigenvalue weighted by Gasteiger charge is 2.37. The van der Waals surface area contributed by atoms with Gasteiger partial charge in [0, 0.05) is 6.04 Å². The van der Waals surface area contributed by atoms with E-state index in [-0.39, 0.29) is 0 Å². The van der Waals surface area contributed by atoms with E-state index < -0.39 is 0 Å². The Labute approximate surface area is 50.5 Å². The van der Waals surface area contributed by atoms with Crippen molar-refractivity contribution in [1.29, 1.82) is 0 Å². The van der Waals surface area contributed by atoms with E-state index in [1.165, 1.54) is 19.4 Å². The van der Waals surface area contributed by atoms with Crippen molar-refractivity contribution in [2.24, 2.45) is 11.8 Å². The molecule has 1 aliphatic carbocycles. The number of hydrogen-bond acceptors (Lipinski definition) is 1. The first-order valence-corrected chi connectivity index (χ1v) is 3.61. The molecule has 2 fully saturated rings. The molecule has 0 spiro atoms. The standard InChI is InChI=1S/C7H13N/c1-5-6-2-3-7(5)8-4-6/h5-8H,2-4H2,1H3/t5-,6?,7?/m0/s1. The first kappa shape index (κ1) is 4.80. The van der Waals surface area contributed by atoms with Gasteiger partial charge in [-0.15, -0.1) is 0 Å². The number of rotatable bonds is 0. The molecule has 2 bridgehead atoms. The second kappa shape index (κ2) is 1.47. The van der Waals surface area contributed by atoms with Crippen LogP contribution in [0.15, 0.2) is 0 Å². The molecule has 2 unspecified atom stereocenters. The van der Waals surface area contributed by atoms with Crippen molar-refractivity contribution in [3.8, 4) is 0 Å². The zero-order chi connectivity index (χ0) is 5.56. The molecule has 1 heterocycles. The molecule has 2 aliphatic rings. The molecule has 1 saturated carbocycles. The highest BCUT2D eigenvalue weighted by atomic mass is 15.0. The van der Waals surface area contributed by atoms with E-state index in [0.717, 1.165) is 17.9 Å². The third-order valence-electron chi connectivity index (χ3n) is 2.87. The minimum Gasteiger partial charge on any atom is -0.313 e. The summed E-state index contributed by atoms with van der Waals surface area (Å²) in [7, 11) is 0. The second-order valence-electron chi connectivity index (χ2n) is 3.21. The van der Waals surface area contributed by atoms with Gasteiger partial charge in [-0.1, -0.05) is 6.92 Å². The lowest BCUT2D eigenvalue weighted by Crippen LogP contribution is -2.25. The predicted molar refractivity (Wildman–Crippen MR) is 33.7 cm³/mol. The molecule has 0 amide bonds. The lowest BCUT2D eigenvalue weighted by atomic mass is 10.0. The van der Waals surface area contributed by atoms with Crippen LogP contribution in [0.1, 0.15) is 19.8 Å². The molecule has 1 heteroatoms. The summed E-state index contributed by atoms with van der Waals surface area (Å²) in [5.41, 5.74) is 0. The minimum atomic E-state index is 0.889. The highest BCUT2D eigenvalue weighted by Crippen LogP contribution is 2.35. The Hall–Kier alpha value is -0.0400. The van der Waals surface area contributed by atoms with Crippen molar-refractivity contribution < 1.29 is 0 Å². The lowest BCUT2D eigenvalue weighted by molar-refractivity contribution is 0.488. The van der Waals surface area contributed by atoms with Gasteiger partial charge in [0.05, 0.1) is 0 Å². The van der Waals surface area contributed by atoms with Crippen LogP contribution in [-0.2, 0) is 0 Å². The smallest absolute Gasteiger partial charge is 0.00960 e. The average molecular weight is 111 g/mol. The Bertz CT molecular complexity index is 80.6. The molecule has 46 valence electrons. The summed E-state index contributed by atoms with van der Waals surface area (Å²) >= 11 is 0. The zero-order valence-electron chi connectivity index (χ0n) is 5.35. The van der Waals surface area contributed by atoms with Crippen molar-refractivity contribution >= 4 is 0 Å². The van der Waals surface area contributed by atoms with Gasteiger partial charge < -0.3 is 5.32 Å². The number of nitrogens with one attached hydrogen (secondary N) is 1. The van der Waals surface area contributed by atoms with Crippen LogP contribution in [0.25, 0.3) is 0 Å². The number of hydrogen-bond donors (Lipinski definition) is 1. The van der Waals surface area contributed by atoms with Crippen molar-refractivity contribution in [3.63, 3.8) is 0 Å². The molecular weight excluding hydrogens is 98.1 g/mol. The van der Waals surface area contributed by atoms with Gasteiger partial charge in [-0.25, -0.2) is 0 Å². The largest absolute Gasteiger partial charge is 0.313 e. The lowest BCUT2D eigenvalue weighted by Gasteiger charge is -2.08. The van der Waals surface area contributed by atoms with Gasteiger partial charge in [0.25, 0.3) is 0 Å². The maximum atomic E-state index is 3.51. The van der Waals surface area contributed by atoms with E-state index >= 15 is 0 Å². The molecule has 0 aromatic carbocycles.